The van der Waals surface area contributed by atoms with Gasteiger partial charge in [-0.3, -0.25) is 0 Å². The van der Waals surface area contributed by atoms with Gasteiger partial charge in [0.1, 0.15) is 0 Å². The first-order chi connectivity index (χ1) is 12.3. The molecule has 0 radical (unpaired) electrons. The van der Waals surface area contributed by atoms with Gasteiger partial charge in [-0.15, -0.1) is 0 Å². The molecule has 0 N–H and O–H groups in total. The molecule has 0 saturated heterocycles. The fraction of sp³-hybridized carbons (Fsp3) is 0. The molecule has 0 unspecified atom stereocenters. The standard InChI is InChI=1S/C16H8S7Se2/c1-2-10(19-9(1)7-11-17-3-4-18-11)8-12-20-13-14(21-12)23-15(22-13)16-24-5-6-25-16/h1-8H. The van der Waals surface area contributed by atoms with Crippen LogP contribution < -0.4 is 0 Å². The fourth-order valence-corrected chi connectivity index (χ4v) is 17.2. The maximum Gasteiger partial charge on any atom is -0.0901 e. The van der Waals surface area contributed by atoms with Crippen molar-refractivity contribution >= 4 is 124 Å². The smallest absolute Gasteiger partial charge is 0.0901 e. The molecule has 5 rings (SSSR count). The van der Waals surface area contributed by atoms with Gasteiger partial charge in [0.05, 0.1) is 0 Å². The quantitative estimate of drug-likeness (QED) is 0.331. The van der Waals surface area contributed by atoms with Gasteiger partial charge in [-0.05, 0) is 10.8 Å². The molecule has 0 spiro atoms. The third-order valence-corrected chi connectivity index (χ3v) is 18.6. The van der Waals surface area contributed by atoms with Crippen LogP contribution in [-0.2, 0) is 0 Å². The minimum atomic E-state index is 0.621. The zero-order valence-corrected chi connectivity index (χ0v) is 21.4. The summed E-state index contributed by atoms with van der Waals surface area (Å²) in [5, 5.41) is 4.30. The Hall–Kier alpha value is 1.28. The summed E-state index contributed by atoms with van der Waals surface area (Å²) in [5.41, 5.74) is 0. The van der Waals surface area contributed by atoms with Crippen LogP contribution in [0.5, 0.6) is 0 Å². The molecule has 4 aliphatic heterocycles. The fourth-order valence-electron chi connectivity index (χ4n) is 2.09. The second-order valence-corrected chi connectivity index (χ2v) is 18.4. The van der Waals surface area contributed by atoms with Crippen LogP contribution in [0, 0.1) is 0 Å². The summed E-state index contributed by atoms with van der Waals surface area (Å²) >= 11 is 14.7. The molecule has 0 amide bonds. The van der Waals surface area contributed by atoms with Crippen LogP contribution in [0.25, 0.3) is 12.2 Å². The molecular formula is C16H8S7Se2. The summed E-state index contributed by atoms with van der Waals surface area (Å²) in [5.74, 6) is 0. The molecule has 0 fully saturated rings. The monoisotopic (exact) mass is 584 g/mol. The minimum absolute atomic E-state index is 0.621. The van der Waals surface area contributed by atoms with Gasteiger partial charge in [-0.2, -0.15) is 0 Å². The van der Waals surface area contributed by atoms with Gasteiger partial charge in [0.25, 0.3) is 0 Å². The average molecular weight is 583 g/mol. The van der Waals surface area contributed by atoms with E-state index >= 15 is 0 Å². The molecule has 0 aliphatic carbocycles. The Labute approximate surface area is 189 Å². The number of thiophene rings is 1. The SMILES string of the molecule is C1=CSC(=Cc2ccc(C=C3SC4=C(S3)SC(=C3[Se]C=C[Se]3)S4)s2)S1. The Morgan fingerprint density at radius 1 is 0.680 bits per heavy atom. The van der Waals surface area contributed by atoms with Crippen LogP contribution >= 0.6 is 81.9 Å². The van der Waals surface area contributed by atoms with Gasteiger partial charge in [0.2, 0.25) is 0 Å². The van der Waals surface area contributed by atoms with E-state index in [0.717, 1.165) is 0 Å². The van der Waals surface area contributed by atoms with E-state index in [0.29, 0.717) is 29.9 Å². The molecule has 1 aromatic heterocycles. The van der Waals surface area contributed by atoms with E-state index in [4.69, 9.17) is 0 Å². The van der Waals surface area contributed by atoms with Crippen LogP contribution in [-0.4, -0.2) is 29.9 Å². The van der Waals surface area contributed by atoms with Crippen LogP contribution in [0.4, 0.5) is 0 Å². The van der Waals surface area contributed by atoms with Crippen molar-refractivity contribution in [3.63, 3.8) is 0 Å². The zero-order valence-electron chi connectivity index (χ0n) is 12.3. The minimum Gasteiger partial charge on any atom is -0.0901 e. The second kappa shape index (κ2) is 8.34. The molecule has 9 heteroatoms. The van der Waals surface area contributed by atoms with Crippen LogP contribution in [0.3, 0.4) is 0 Å². The summed E-state index contributed by atoms with van der Waals surface area (Å²) in [6.07, 6.45) is 4.64. The first kappa shape index (κ1) is 18.3. The van der Waals surface area contributed by atoms with E-state index in [1.165, 1.54) is 26.7 Å². The largest absolute Gasteiger partial charge is 0.0901 e. The summed E-state index contributed by atoms with van der Waals surface area (Å²) < 4.78 is 9.10. The zero-order chi connectivity index (χ0) is 16.6. The van der Waals surface area contributed by atoms with E-state index in [-0.39, 0.29) is 0 Å². The van der Waals surface area contributed by atoms with Gasteiger partial charge in [0.15, 0.2) is 0 Å². The summed E-state index contributed by atoms with van der Waals surface area (Å²) in [4.78, 5) is 7.46. The molecule has 4 aliphatic rings. The molecule has 0 saturated carbocycles. The predicted molar refractivity (Wildman–Crippen MR) is 130 cm³/mol. The Bertz CT molecular complexity index is 875. The van der Waals surface area contributed by atoms with Gasteiger partial charge in [0, 0.05) is 0 Å². The molecule has 0 nitrogen and oxygen atoms in total. The van der Waals surface area contributed by atoms with Crippen molar-refractivity contribution < 1.29 is 0 Å². The second-order valence-electron chi connectivity index (χ2n) is 4.74. The van der Waals surface area contributed by atoms with Gasteiger partial charge in [-0.25, -0.2) is 0 Å². The van der Waals surface area contributed by atoms with Gasteiger partial charge < -0.3 is 0 Å². The van der Waals surface area contributed by atoms with Crippen molar-refractivity contribution in [3.05, 3.63) is 67.2 Å². The average Bonchev–Trinajstić information content (AvgIpc) is 3.38. The number of hydrogen-bond donors (Lipinski definition) is 0. The molecule has 126 valence electrons. The molecule has 0 bridgehead atoms. The summed E-state index contributed by atoms with van der Waals surface area (Å²) in [6, 6.07) is 4.48. The normalized spacial score (nSPS) is 21.9. The first-order valence-corrected chi connectivity index (χ1v) is 16.6. The maximum atomic E-state index is 2.38. The van der Waals surface area contributed by atoms with Crippen molar-refractivity contribution in [2.45, 2.75) is 0 Å². The van der Waals surface area contributed by atoms with Crippen molar-refractivity contribution in [2.75, 3.05) is 0 Å². The van der Waals surface area contributed by atoms with E-state index in [1.54, 1.807) is 7.61 Å². The summed E-state index contributed by atoms with van der Waals surface area (Å²) in [6.45, 7) is 0. The van der Waals surface area contributed by atoms with E-state index in [9.17, 15) is 0 Å². The molecule has 0 atom stereocenters. The van der Waals surface area contributed by atoms with Crippen LogP contribution in [0.1, 0.15) is 9.75 Å². The van der Waals surface area contributed by atoms with Crippen molar-refractivity contribution in [1.29, 1.82) is 0 Å². The van der Waals surface area contributed by atoms with Crippen LogP contribution in [0.2, 0.25) is 0 Å². The number of hydrogen-bond acceptors (Lipinski definition) is 7. The predicted octanol–water partition coefficient (Wildman–Crippen LogP) is 7.40. The number of rotatable bonds is 2. The van der Waals surface area contributed by atoms with Gasteiger partial charge in [-0.1, -0.05) is 23.5 Å². The topological polar surface area (TPSA) is 0 Å². The third-order valence-electron chi connectivity index (χ3n) is 3.09. The first-order valence-electron chi connectivity index (χ1n) is 7.03. The third kappa shape index (κ3) is 4.33. The van der Waals surface area contributed by atoms with Crippen molar-refractivity contribution in [3.8, 4) is 0 Å². The Kier molecular flexibility index (Phi) is 6.11. The van der Waals surface area contributed by atoms with Crippen LogP contribution in [0.15, 0.2) is 57.5 Å². The van der Waals surface area contributed by atoms with Gasteiger partial charge >= 0.3 is 157 Å². The number of thioether (sulfide) groups is 6. The molecular weight excluding hydrogens is 575 g/mol. The molecule has 0 aromatic carbocycles. The maximum absolute atomic E-state index is 2.38. The molecule has 1 aromatic rings. The molecule has 5 heterocycles. The van der Waals surface area contributed by atoms with E-state index in [2.05, 4.69) is 45.0 Å². The van der Waals surface area contributed by atoms with E-state index < -0.39 is 0 Å². The van der Waals surface area contributed by atoms with Crippen molar-refractivity contribution in [1.82, 2.24) is 0 Å². The van der Waals surface area contributed by atoms with Crippen molar-refractivity contribution in [2.24, 2.45) is 0 Å². The van der Waals surface area contributed by atoms with E-state index in [1.807, 2.05) is 81.9 Å². The Morgan fingerprint density at radius 2 is 1.28 bits per heavy atom. The summed E-state index contributed by atoms with van der Waals surface area (Å²) in [7, 11) is 0. The Balaban J connectivity index is 1.25. The Morgan fingerprint density at radius 3 is 1.92 bits per heavy atom. The molecule has 25 heavy (non-hydrogen) atoms.